The van der Waals surface area contributed by atoms with Crippen LogP contribution in [0.4, 0.5) is 5.69 Å². The van der Waals surface area contributed by atoms with Crippen LogP contribution in [-0.4, -0.2) is 64.4 Å². The lowest BCUT2D eigenvalue weighted by Gasteiger charge is -2.29. The first kappa shape index (κ1) is 22.5. The molecule has 2 N–H and O–H groups in total. The predicted octanol–water partition coefficient (Wildman–Crippen LogP) is 1.92. The Hall–Kier alpha value is -3.98. The van der Waals surface area contributed by atoms with Gasteiger partial charge in [-0.15, -0.1) is 0 Å². The van der Waals surface area contributed by atoms with Gasteiger partial charge in [0.1, 0.15) is 11.9 Å². The molecule has 1 unspecified atom stereocenters. The molecule has 0 aliphatic carbocycles. The highest BCUT2D eigenvalue weighted by atomic mass is 16.2. The molecule has 2 saturated heterocycles. The van der Waals surface area contributed by atoms with E-state index in [9.17, 15) is 14.4 Å². The number of hydrogen-bond acceptors (Lipinski definition) is 6. The number of carbonyl (C=O) groups excluding carboxylic acids is 3. The van der Waals surface area contributed by atoms with Gasteiger partial charge in [-0.2, -0.15) is 0 Å². The number of imide groups is 1. The van der Waals surface area contributed by atoms with Crippen LogP contribution in [0.15, 0.2) is 48.7 Å². The number of piperazine rings is 1. The first-order valence-electron chi connectivity index (χ1n) is 12.4. The van der Waals surface area contributed by atoms with E-state index < -0.39 is 11.9 Å². The van der Waals surface area contributed by atoms with Crippen molar-refractivity contribution in [2.45, 2.75) is 25.4 Å². The number of carbonyl (C=O) groups is 3. The lowest BCUT2D eigenvalue weighted by atomic mass is 10.0. The highest BCUT2D eigenvalue weighted by Gasteiger charge is 2.39. The Labute approximate surface area is 209 Å². The van der Waals surface area contributed by atoms with Crippen molar-refractivity contribution in [3.63, 3.8) is 0 Å². The molecule has 3 amide bonds. The molecule has 184 valence electrons. The van der Waals surface area contributed by atoms with Gasteiger partial charge in [-0.05, 0) is 48.4 Å². The largest absolute Gasteiger partial charge is 0.369 e. The summed E-state index contributed by atoms with van der Waals surface area (Å²) in [6, 6.07) is 13.6. The van der Waals surface area contributed by atoms with Crippen molar-refractivity contribution in [3.8, 4) is 22.6 Å². The molecule has 0 radical (unpaired) electrons. The Kier molecular flexibility index (Phi) is 5.56. The van der Waals surface area contributed by atoms with Crippen molar-refractivity contribution in [3.05, 3.63) is 59.8 Å². The van der Waals surface area contributed by atoms with Crippen molar-refractivity contribution >= 4 is 23.4 Å². The number of hydrogen-bond donors (Lipinski definition) is 2. The number of nitrogens with one attached hydrogen (secondary N) is 2. The molecule has 9 heteroatoms. The normalized spacial score (nSPS) is 20.0. The van der Waals surface area contributed by atoms with Crippen LogP contribution in [-0.2, 0) is 23.2 Å². The SMILES string of the molecule is Cn1cc(-c2ccc3c(c2)CN(C2CCC(=O)NC2=O)C3=O)nc1-c1ccc(N2CCNCC2)cc1. The number of rotatable bonds is 4. The van der Waals surface area contributed by atoms with E-state index in [1.54, 1.807) is 4.90 Å². The van der Waals surface area contributed by atoms with Crippen LogP contribution in [0.3, 0.4) is 0 Å². The Morgan fingerprint density at radius 3 is 2.47 bits per heavy atom. The zero-order valence-corrected chi connectivity index (χ0v) is 20.2. The van der Waals surface area contributed by atoms with Gasteiger partial charge in [-0.1, -0.05) is 6.07 Å². The van der Waals surface area contributed by atoms with Gasteiger partial charge in [0.05, 0.1) is 5.69 Å². The van der Waals surface area contributed by atoms with Crippen LogP contribution in [0, 0.1) is 0 Å². The van der Waals surface area contributed by atoms with Gasteiger partial charge in [0.25, 0.3) is 5.91 Å². The number of aromatic nitrogens is 2. The fourth-order valence-electron chi connectivity index (χ4n) is 5.35. The molecular formula is C27H28N6O3. The average molecular weight is 485 g/mol. The molecule has 2 fully saturated rings. The van der Waals surface area contributed by atoms with E-state index in [-0.39, 0.29) is 18.2 Å². The molecule has 1 aromatic heterocycles. The van der Waals surface area contributed by atoms with Gasteiger partial charge < -0.3 is 19.7 Å². The quantitative estimate of drug-likeness (QED) is 0.549. The molecule has 0 saturated carbocycles. The number of aryl methyl sites for hydroxylation is 1. The number of anilines is 1. The highest BCUT2D eigenvalue weighted by Crippen LogP contribution is 2.32. The third-order valence-electron chi connectivity index (χ3n) is 7.30. The van der Waals surface area contributed by atoms with Crippen LogP contribution >= 0.6 is 0 Å². The summed E-state index contributed by atoms with van der Waals surface area (Å²) in [6.45, 7) is 4.37. The second-order valence-electron chi connectivity index (χ2n) is 9.62. The maximum atomic E-state index is 13.0. The second kappa shape index (κ2) is 8.91. The molecule has 36 heavy (non-hydrogen) atoms. The molecule has 0 bridgehead atoms. The van der Waals surface area contributed by atoms with Crippen LogP contribution in [0.1, 0.15) is 28.8 Å². The Morgan fingerprint density at radius 2 is 1.72 bits per heavy atom. The standard InChI is InChI=1S/C27H28N6O3/c1-31-16-22(29-25(31)17-2-5-20(6-3-17)32-12-10-28-11-13-32)18-4-7-21-19(14-18)15-33(27(21)36)23-8-9-24(34)30-26(23)35/h2-7,14,16,23,28H,8-13,15H2,1H3,(H,30,34,35). The van der Waals surface area contributed by atoms with Crippen LogP contribution in [0.5, 0.6) is 0 Å². The summed E-state index contributed by atoms with van der Waals surface area (Å²) in [5, 5.41) is 5.73. The van der Waals surface area contributed by atoms with Crippen molar-refractivity contribution in [1.82, 2.24) is 25.1 Å². The monoisotopic (exact) mass is 484 g/mol. The molecule has 0 spiro atoms. The van der Waals surface area contributed by atoms with Gasteiger partial charge in [0.15, 0.2) is 0 Å². The minimum Gasteiger partial charge on any atom is -0.369 e. The highest BCUT2D eigenvalue weighted by molar-refractivity contribution is 6.05. The van der Waals surface area contributed by atoms with Gasteiger partial charge in [-0.25, -0.2) is 4.98 Å². The first-order valence-corrected chi connectivity index (χ1v) is 12.4. The van der Waals surface area contributed by atoms with Crippen LogP contribution in [0.2, 0.25) is 0 Å². The molecule has 3 aromatic rings. The van der Waals surface area contributed by atoms with Gasteiger partial charge in [0, 0.05) is 74.8 Å². The van der Waals surface area contributed by atoms with Gasteiger partial charge in [0.2, 0.25) is 11.8 Å². The molecular weight excluding hydrogens is 456 g/mol. The van der Waals surface area contributed by atoms with Crippen molar-refractivity contribution in [1.29, 1.82) is 0 Å². The van der Waals surface area contributed by atoms with E-state index in [1.165, 1.54) is 5.69 Å². The van der Waals surface area contributed by atoms with E-state index in [2.05, 4.69) is 39.8 Å². The van der Waals surface area contributed by atoms with Crippen LogP contribution < -0.4 is 15.5 Å². The number of nitrogens with zero attached hydrogens (tertiary/aromatic N) is 4. The molecule has 3 aliphatic rings. The zero-order valence-electron chi connectivity index (χ0n) is 20.2. The zero-order chi connectivity index (χ0) is 24.8. The lowest BCUT2D eigenvalue weighted by molar-refractivity contribution is -0.136. The van der Waals surface area contributed by atoms with Crippen molar-refractivity contribution in [2.24, 2.45) is 7.05 Å². The smallest absolute Gasteiger partial charge is 0.255 e. The molecule has 6 rings (SSSR count). The maximum Gasteiger partial charge on any atom is 0.255 e. The summed E-state index contributed by atoms with van der Waals surface area (Å²) in [4.78, 5) is 45.7. The molecule has 3 aliphatic heterocycles. The molecule has 1 atom stereocenters. The lowest BCUT2D eigenvalue weighted by Crippen LogP contribution is -2.52. The average Bonchev–Trinajstić information content (AvgIpc) is 3.44. The van der Waals surface area contributed by atoms with E-state index in [0.717, 1.165) is 54.4 Å². The third kappa shape index (κ3) is 3.95. The van der Waals surface area contributed by atoms with E-state index in [0.29, 0.717) is 18.5 Å². The molecule has 4 heterocycles. The predicted molar refractivity (Wildman–Crippen MR) is 135 cm³/mol. The molecule has 2 aromatic carbocycles. The summed E-state index contributed by atoms with van der Waals surface area (Å²) < 4.78 is 2.02. The minimum absolute atomic E-state index is 0.169. The van der Waals surface area contributed by atoms with Gasteiger partial charge >= 0.3 is 0 Å². The fourth-order valence-corrected chi connectivity index (χ4v) is 5.35. The van der Waals surface area contributed by atoms with E-state index in [1.807, 2.05) is 36.0 Å². The van der Waals surface area contributed by atoms with Crippen molar-refractivity contribution in [2.75, 3.05) is 31.1 Å². The number of imidazole rings is 1. The summed E-state index contributed by atoms with van der Waals surface area (Å²) in [5.41, 5.74) is 5.48. The summed E-state index contributed by atoms with van der Waals surface area (Å²) in [5.74, 6) is 0.0213. The van der Waals surface area contributed by atoms with E-state index >= 15 is 0 Å². The Balaban J connectivity index is 1.23. The van der Waals surface area contributed by atoms with Crippen LogP contribution in [0.25, 0.3) is 22.6 Å². The summed E-state index contributed by atoms with van der Waals surface area (Å²) >= 11 is 0. The number of piperidine rings is 1. The summed E-state index contributed by atoms with van der Waals surface area (Å²) in [6.07, 6.45) is 2.60. The minimum atomic E-state index is -0.614. The first-order chi connectivity index (χ1) is 17.5. The Morgan fingerprint density at radius 1 is 0.972 bits per heavy atom. The second-order valence-corrected chi connectivity index (χ2v) is 9.62. The van der Waals surface area contributed by atoms with Gasteiger partial charge in [-0.3, -0.25) is 19.7 Å². The third-order valence-corrected chi connectivity index (χ3v) is 7.30. The Bertz CT molecular complexity index is 1360. The maximum absolute atomic E-state index is 13.0. The van der Waals surface area contributed by atoms with Crippen molar-refractivity contribution < 1.29 is 14.4 Å². The number of fused-ring (bicyclic) bond motifs is 1. The van der Waals surface area contributed by atoms with E-state index in [4.69, 9.17) is 4.98 Å². The topological polar surface area (TPSA) is 99.6 Å². The number of benzene rings is 2. The molecule has 9 nitrogen and oxygen atoms in total. The summed E-state index contributed by atoms with van der Waals surface area (Å²) in [7, 11) is 1.98. The fraction of sp³-hybridized carbons (Fsp3) is 0.333. The number of amides is 3.